The van der Waals surface area contributed by atoms with Crippen LogP contribution < -0.4 is 5.22 Å². The number of aromatic nitrogens is 3. The summed E-state index contributed by atoms with van der Waals surface area (Å²) in [5.41, 5.74) is 2.71. The van der Waals surface area contributed by atoms with E-state index in [2.05, 4.69) is 14.9 Å². The number of hydrogen-bond donors (Lipinski definition) is 1. The molecule has 0 atom stereocenters. The van der Waals surface area contributed by atoms with Gasteiger partial charge in [-0.15, -0.1) is 4.52 Å². The van der Waals surface area contributed by atoms with Crippen molar-refractivity contribution in [3.8, 4) is 5.75 Å². The zero-order valence-corrected chi connectivity index (χ0v) is 13.2. The molecule has 0 aliphatic heterocycles. The zero-order valence-electron chi connectivity index (χ0n) is 11.7. The molecule has 0 fully saturated rings. The van der Waals surface area contributed by atoms with Crippen LogP contribution in [0, 0.1) is 20.4 Å². The molecule has 22 heavy (non-hydrogen) atoms. The Kier molecular flexibility index (Phi) is 3.44. The monoisotopic (exact) mass is 332 g/mol. The molecule has 0 unspecified atom stereocenters. The maximum atomic E-state index is 9.62. The van der Waals surface area contributed by atoms with E-state index in [1.807, 2.05) is 13.0 Å². The quantitative estimate of drug-likeness (QED) is 0.694. The highest BCUT2D eigenvalue weighted by molar-refractivity contribution is 6.37. The van der Waals surface area contributed by atoms with E-state index < -0.39 is 0 Å². The minimum atomic E-state index is -0.144. The molecule has 1 aromatic carbocycles. The van der Waals surface area contributed by atoms with Gasteiger partial charge in [0.05, 0.1) is 26.7 Å². The summed E-state index contributed by atoms with van der Waals surface area (Å²) < 4.78 is 1.53. The summed E-state index contributed by atoms with van der Waals surface area (Å²) in [4.78, 5) is 7.86. The summed E-state index contributed by atoms with van der Waals surface area (Å²) in [6.45, 7) is 10.8. The third-order valence-corrected chi connectivity index (χ3v) is 3.91. The van der Waals surface area contributed by atoms with E-state index in [1.54, 1.807) is 19.1 Å². The summed E-state index contributed by atoms with van der Waals surface area (Å²) in [5.74, 6) is 0.259. The fraction of sp³-hybridized carbons (Fsp3) is 0.133. The molecule has 0 amide bonds. The van der Waals surface area contributed by atoms with Gasteiger partial charge in [-0.3, -0.25) is 0 Å². The Morgan fingerprint density at radius 2 is 1.86 bits per heavy atom. The van der Waals surface area contributed by atoms with Gasteiger partial charge >= 0.3 is 0 Å². The first-order valence-corrected chi connectivity index (χ1v) is 7.10. The van der Waals surface area contributed by atoms with E-state index in [4.69, 9.17) is 29.8 Å². The molecule has 0 bridgehead atoms. The summed E-state index contributed by atoms with van der Waals surface area (Å²) in [6.07, 6.45) is 1.83. The number of imidazole rings is 1. The molecule has 0 aliphatic carbocycles. The Morgan fingerprint density at radius 1 is 1.23 bits per heavy atom. The molecule has 1 N–H and O–H groups in total. The topological polar surface area (TPSA) is 54.8 Å². The van der Waals surface area contributed by atoms with Crippen LogP contribution in [0.5, 0.6) is 5.75 Å². The second kappa shape index (κ2) is 5.16. The lowest BCUT2D eigenvalue weighted by atomic mass is 10.1. The molecule has 0 spiro atoms. The maximum absolute atomic E-state index is 9.62. The Hall–Kier alpha value is -2.29. The van der Waals surface area contributed by atoms with Gasteiger partial charge in [0.1, 0.15) is 0 Å². The molecule has 0 saturated carbocycles. The van der Waals surface area contributed by atoms with Crippen LogP contribution in [-0.4, -0.2) is 19.7 Å². The standard InChI is InChI=1S/C15H10Cl2N4O/c1-7-10(4-9-5-11(16)13(22)12(17)6-9)15-19-8(2)14(18-3)21(15)20-7/h4-6,22H,1-2H3. The number of rotatable bonds is 1. The Balaban J connectivity index is 2.31. The first kappa shape index (κ1) is 14.6. The molecule has 3 rings (SSSR count). The van der Waals surface area contributed by atoms with E-state index in [-0.39, 0.29) is 15.8 Å². The predicted molar refractivity (Wildman–Crippen MR) is 85.6 cm³/mol. The Morgan fingerprint density at radius 3 is 2.45 bits per heavy atom. The van der Waals surface area contributed by atoms with Crippen LogP contribution in [0.15, 0.2) is 12.1 Å². The van der Waals surface area contributed by atoms with Gasteiger partial charge < -0.3 is 9.95 Å². The van der Waals surface area contributed by atoms with Gasteiger partial charge in [-0.2, -0.15) is 0 Å². The van der Waals surface area contributed by atoms with Crippen LogP contribution in [0.1, 0.15) is 17.0 Å². The lowest BCUT2D eigenvalue weighted by Gasteiger charge is -2.01. The molecule has 0 radical (unpaired) electrons. The third kappa shape index (κ3) is 2.17. The van der Waals surface area contributed by atoms with Gasteiger partial charge in [0, 0.05) is 0 Å². The largest absolute Gasteiger partial charge is 0.505 e. The zero-order chi connectivity index (χ0) is 16.0. The molecule has 2 aromatic heterocycles. The van der Waals surface area contributed by atoms with Crippen LogP contribution in [0.3, 0.4) is 0 Å². The lowest BCUT2D eigenvalue weighted by molar-refractivity contribution is 0.476. The van der Waals surface area contributed by atoms with Crippen molar-refractivity contribution in [2.45, 2.75) is 13.8 Å². The van der Waals surface area contributed by atoms with Crippen LogP contribution in [0.2, 0.25) is 10.0 Å². The van der Waals surface area contributed by atoms with Crippen molar-refractivity contribution in [3.05, 3.63) is 55.8 Å². The minimum Gasteiger partial charge on any atom is -0.505 e. The average molecular weight is 333 g/mol. The maximum Gasteiger partial charge on any atom is 0.278 e. The molecular weight excluding hydrogens is 323 g/mol. The van der Waals surface area contributed by atoms with Gasteiger partial charge in [0.25, 0.3) is 5.82 Å². The van der Waals surface area contributed by atoms with E-state index in [1.165, 1.54) is 4.52 Å². The number of aromatic hydroxyl groups is 1. The molecular formula is C15H10Cl2N4O. The van der Waals surface area contributed by atoms with E-state index in [9.17, 15) is 5.11 Å². The average Bonchev–Trinajstić information content (AvgIpc) is 2.91. The first-order valence-electron chi connectivity index (χ1n) is 6.35. The summed E-state index contributed by atoms with van der Waals surface area (Å²) >= 11 is 11.9. The number of nitrogens with zero attached hydrogens (tertiary/aromatic N) is 4. The number of fused-ring (bicyclic) bond motifs is 1. The summed E-state index contributed by atoms with van der Waals surface area (Å²) in [6, 6.07) is 3.22. The highest BCUT2D eigenvalue weighted by atomic mass is 35.5. The van der Waals surface area contributed by atoms with E-state index in [0.717, 1.165) is 16.5 Å². The molecule has 2 heterocycles. The van der Waals surface area contributed by atoms with E-state index in [0.29, 0.717) is 17.2 Å². The second-order valence-electron chi connectivity index (χ2n) is 4.84. The van der Waals surface area contributed by atoms with Crippen molar-refractivity contribution in [2.75, 3.05) is 0 Å². The summed E-state index contributed by atoms with van der Waals surface area (Å²) in [5, 5.41) is 15.1. The fourth-order valence-electron chi connectivity index (χ4n) is 2.28. The normalized spacial score (nSPS) is 12.0. The lowest BCUT2D eigenvalue weighted by Crippen LogP contribution is -2.03. The molecule has 0 saturated heterocycles. The van der Waals surface area contributed by atoms with Crippen LogP contribution in [0.4, 0.5) is 5.82 Å². The molecule has 0 aliphatic rings. The SMILES string of the molecule is [C-]#[N+]c1c(C)nc2c(=Cc3cc(Cl)c(O)c(Cl)c3)c(C)nn12. The van der Waals surface area contributed by atoms with Gasteiger partial charge in [0.2, 0.25) is 5.65 Å². The van der Waals surface area contributed by atoms with Crippen molar-refractivity contribution in [1.82, 2.24) is 14.6 Å². The smallest absolute Gasteiger partial charge is 0.278 e. The second-order valence-corrected chi connectivity index (χ2v) is 5.66. The van der Waals surface area contributed by atoms with Crippen LogP contribution in [0.25, 0.3) is 16.6 Å². The number of aryl methyl sites for hydroxylation is 2. The van der Waals surface area contributed by atoms with Gasteiger partial charge in [-0.1, -0.05) is 34.9 Å². The number of halogens is 2. The van der Waals surface area contributed by atoms with Gasteiger partial charge in [-0.25, -0.2) is 4.98 Å². The van der Waals surface area contributed by atoms with E-state index >= 15 is 0 Å². The molecule has 110 valence electrons. The van der Waals surface area contributed by atoms with Crippen molar-refractivity contribution in [2.24, 2.45) is 0 Å². The number of phenolic OH excluding ortho intramolecular Hbond substituents is 1. The van der Waals surface area contributed by atoms with Crippen LogP contribution >= 0.6 is 23.2 Å². The minimum absolute atomic E-state index is 0.144. The predicted octanol–water partition coefficient (Wildman–Crippen LogP) is 3.46. The highest BCUT2D eigenvalue weighted by Gasteiger charge is 2.16. The van der Waals surface area contributed by atoms with Crippen molar-refractivity contribution in [3.63, 3.8) is 0 Å². The van der Waals surface area contributed by atoms with Crippen molar-refractivity contribution < 1.29 is 5.11 Å². The fourth-order valence-corrected chi connectivity index (χ4v) is 2.78. The third-order valence-electron chi connectivity index (χ3n) is 3.34. The van der Waals surface area contributed by atoms with Crippen molar-refractivity contribution in [1.29, 1.82) is 0 Å². The first-order chi connectivity index (χ1) is 10.4. The number of benzene rings is 1. The summed E-state index contributed by atoms with van der Waals surface area (Å²) in [7, 11) is 0. The van der Waals surface area contributed by atoms with Gasteiger partial charge in [-0.05, 0) is 37.6 Å². The number of hydrogen-bond acceptors (Lipinski definition) is 3. The number of phenols is 1. The Labute approximate surface area is 136 Å². The molecule has 3 aromatic rings. The molecule has 7 heteroatoms. The van der Waals surface area contributed by atoms with Crippen LogP contribution in [-0.2, 0) is 0 Å². The molecule has 5 nitrogen and oxygen atoms in total. The van der Waals surface area contributed by atoms with Crippen molar-refractivity contribution >= 4 is 40.7 Å². The van der Waals surface area contributed by atoms with Gasteiger partial charge in [0.15, 0.2) is 5.75 Å². The highest BCUT2D eigenvalue weighted by Crippen LogP contribution is 2.33. The Bertz CT molecular complexity index is 978.